The smallest absolute Gasteiger partial charge is 0.301 e. The molecule has 16 heavy (non-hydrogen) atoms. The van der Waals surface area contributed by atoms with Crippen molar-refractivity contribution in [1.29, 1.82) is 0 Å². The molecule has 0 aliphatic rings. The first kappa shape index (κ1) is 9.81. The summed E-state index contributed by atoms with van der Waals surface area (Å²) in [6.45, 7) is 0.673. The first-order chi connectivity index (χ1) is 7.84. The second kappa shape index (κ2) is 3.88. The summed E-state index contributed by atoms with van der Waals surface area (Å²) in [4.78, 5) is 11.6. The van der Waals surface area contributed by atoms with Gasteiger partial charge in [-0.25, -0.2) is 0 Å². The van der Waals surface area contributed by atoms with Crippen LogP contribution in [0.2, 0.25) is 0 Å². The maximum atomic E-state index is 11.5. The molecule has 0 saturated heterocycles. The molecule has 2 nitrogen and oxygen atoms in total. The highest BCUT2D eigenvalue weighted by Gasteiger charge is 2.05. The maximum absolute atomic E-state index is 11.5. The van der Waals surface area contributed by atoms with Crippen molar-refractivity contribution >= 4 is 32.8 Å². The Balaban J connectivity index is 2.07. The highest BCUT2D eigenvalue weighted by molar-refractivity contribution is 7.17. The lowest BCUT2D eigenvalue weighted by molar-refractivity contribution is 0.791. The van der Waals surface area contributed by atoms with Crippen molar-refractivity contribution in [2.75, 3.05) is 0 Å². The maximum Gasteiger partial charge on any atom is 0.307 e. The highest BCUT2D eigenvalue weighted by Crippen LogP contribution is 2.25. The molecule has 0 N–H and O–H groups in total. The summed E-state index contributed by atoms with van der Waals surface area (Å²) in [6, 6.07) is 8.30. The minimum atomic E-state index is 0.107. The van der Waals surface area contributed by atoms with E-state index in [0.717, 1.165) is 0 Å². The van der Waals surface area contributed by atoms with Gasteiger partial charge in [0.15, 0.2) is 0 Å². The van der Waals surface area contributed by atoms with Crippen molar-refractivity contribution in [2.45, 2.75) is 6.54 Å². The number of thiophene rings is 1. The molecule has 0 spiro atoms. The third-order valence-electron chi connectivity index (χ3n) is 2.55. The van der Waals surface area contributed by atoms with E-state index >= 15 is 0 Å². The second-order valence-corrected chi connectivity index (χ2v) is 5.32. The van der Waals surface area contributed by atoms with Gasteiger partial charge >= 0.3 is 4.87 Å². The second-order valence-electron chi connectivity index (χ2n) is 3.55. The average molecular weight is 247 g/mol. The van der Waals surface area contributed by atoms with Crippen LogP contribution in [0.3, 0.4) is 0 Å². The number of hydrogen-bond donors (Lipinski definition) is 0. The van der Waals surface area contributed by atoms with E-state index in [1.54, 1.807) is 15.9 Å². The van der Waals surface area contributed by atoms with Gasteiger partial charge < -0.3 is 4.57 Å². The van der Waals surface area contributed by atoms with Gasteiger partial charge in [-0.1, -0.05) is 29.5 Å². The van der Waals surface area contributed by atoms with E-state index in [4.69, 9.17) is 0 Å². The molecule has 2 heterocycles. The van der Waals surface area contributed by atoms with Gasteiger partial charge in [-0.05, 0) is 22.4 Å². The third kappa shape index (κ3) is 1.60. The van der Waals surface area contributed by atoms with Crippen LogP contribution in [0.4, 0.5) is 0 Å². The molecule has 0 aliphatic heterocycles. The van der Waals surface area contributed by atoms with E-state index in [2.05, 4.69) is 17.5 Å². The van der Waals surface area contributed by atoms with Crippen LogP contribution < -0.4 is 4.87 Å². The Hall–Kier alpha value is -1.39. The van der Waals surface area contributed by atoms with E-state index in [0.29, 0.717) is 6.54 Å². The highest BCUT2D eigenvalue weighted by atomic mass is 32.1. The number of fused-ring (bicyclic) bond motifs is 1. The van der Waals surface area contributed by atoms with Crippen molar-refractivity contribution in [1.82, 2.24) is 4.57 Å². The fourth-order valence-corrected chi connectivity index (χ4v) is 3.29. The van der Waals surface area contributed by atoms with Crippen molar-refractivity contribution in [3.63, 3.8) is 0 Å². The normalized spacial score (nSPS) is 11.0. The molecule has 80 valence electrons. The van der Waals surface area contributed by atoms with Crippen LogP contribution in [0.1, 0.15) is 5.56 Å². The Kier molecular flexibility index (Phi) is 2.38. The standard InChI is InChI=1S/C12H9NOS2/c14-12-13(5-6-15-12)7-9-8-16-11-4-2-1-3-10(9)11/h1-6,8H,7H2. The molecule has 0 radical (unpaired) electrons. The van der Waals surface area contributed by atoms with Crippen LogP contribution in [-0.2, 0) is 6.54 Å². The number of hydrogen-bond acceptors (Lipinski definition) is 3. The van der Waals surface area contributed by atoms with Gasteiger partial charge in [0.25, 0.3) is 0 Å². The zero-order valence-corrected chi connectivity index (χ0v) is 10.1. The molecule has 2 aromatic heterocycles. The van der Waals surface area contributed by atoms with Crippen LogP contribution in [-0.4, -0.2) is 4.57 Å². The zero-order chi connectivity index (χ0) is 11.0. The molecule has 3 rings (SSSR count). The number of benzene rings is 1. The van der Waals surface area contributed by atoms with Crippen LogP contribution >= 0.6 is 22.7 Å². The molecule has 0 saturated carbocycles. The summed E-state index contributed by atoms with van der Waals surface area (Å²) < 4.78 is 3.03. The van der Waals surface area contributed by atoms with Gasteiger partial charge in [0.1, 0.15) is 0 Å². The molecule has 3 aromatic rings. The average Bonchev–Trinajstić information content (AvgIpc) is 2.88. The molecular weight excluding hydrogens is 238 g/mol. The van der Waals surface area contributed by atoms with Crippen LogP contribution in [0.5, 0.6) is 0 Å². The molecule has 0 unspecified atom stereocenters. The van der Waals surface area contributed by atoms with Gasteiger partial charge in [-0.15, -0.1) is 11.3 Å². The largest absolute Gasteiger partial charge is 0.307 e. The number of thiazole rings is 1. The monoisotopic (exact) mass is 247 g/mol. The van der Waals surface area contributed by atoms with Gasteiger partial charge in [0.05, 0.1) is 6.54 Å². The Morgan fingerprint density at radius 2 is 2.06 bits per heavy atom. The van der Waals surface area contributed by atoms with Gasteiger partial charge in [-0.2, -0.15) is 0 Å². The molecule has 0 atom stereocenters. The Bertz CT molecular complexity index is 677. The summed E-state index contributed by atoms with van der Waals surface area (Å²) >= 11 is 2.97. The lowest BCUT2D eigenvalue weighted by atomic mass is 10.2. The SMILES string of the molecule is O=c1sccn1Cc1csc2ccccc12. The third-order valence-corrected chi connectivity index (χ3v) is 4.25. The van der Waals surface area contributed by atoms with E-state index in [1.165, 1.54) is 27.0 Å². The summed E-state index contributed by atoms with van der Waals surface area (Å²) in [6.07, 6.45) is 1.85. The Morgan fingerprint density at radius 3 is 2.88 bits per heavy atom. The fourth-order valence-electron chi connectivity index (χ4n) is 1.75. The molecule has 0 fully saturated rings. The predicted octanol–water partition coefficient (Wildman–Crippen LogP) is 3.17. The molecule has 0 aliphatic carbocycles. The first-order valence-corrected chi connectivity index (χ1v) is 6.69. The molecule has 0 bridgehead atoms. The number of nitrogens with zero attached hydrogens (tertiary/aromatic N) is 1. The van der Waals surface area contributed by atoms with Crippen LogP contribution in [0.15, 0.2) is 46.0 Å². The van der Waals surface area contributed by atoms with Crippen LogP contribution in [0, 0.1) is 0 Å². The van der Waals surface area contributed by atoms with Gasteiger partial charge in [0.2, 0.25) is 0 Å². The van der Waals surface area contributed by atoms with E-state index in [1.807, 2.05) is 23.7 Å². The topological polar surface area (TPSA) is 22.0 Å². The summed E-state index contributed by atoms with van der Waals surface area (Å²) in [5.41, 5.74) is 1.22. The van der Waals surface area contributed by atoms with Crippen LogP contribution in [0.25, 0.3) is 10.1 Å². The quantitative estimate of drug-likeness (QED) is 0.681. The minimum Gasteiger partial charge on any atom is -0.301 e. The summed E-state index contributed by atoms with van der Waals surface area (Å²) in [7, 11) is 0. The summed E-state index contributed by atoms with van der Waals surface area (Å²) in [5, 5.41) is 5.22. The molecule has 0 amide bonds. The fraction of sp³-hybridized carbons (Fsp3) is 0.0833. The molecule has 1 aromatic carbocycles. The van der Waals surface area contributed by atoms with Crippen molar-refractivity contribution in [3.8, 4) is 0 Å². The van der Waals surface area contributed by atoms with Crippen molar-refractivity contribution < 1.29 is 0 Å². The minimum absolute atomic E-state index is 0.107. The first-order valence-electron chi connectivity index (χ1n) is 4.93. The van der Waals surface area contributed by atoms with E-state index < -0.39 is 0 Å². The predicted molar refractivity (Wildman–Crippen MR) is 69.5 cm³/mol. The van der Waals surface area contributed by atoms with Gasteiger partial charge in [-0.3, -0.25) is 4.79 Å². The Labute approximate surface area is 100 Å². The van der Waals surface area contributed by atoms with E-state index in [9.17, 15) is 4.79 Å². The molecular formula is C12H9NOS2. The summed E-state index contributed by atoms with van der Waals surface area (Å²) in [5.74, 6) is 0. The van der Waals surface area contributed by atoms with Crippen molar-refractivity contribution in [2.24, 2.45) is 0 Å². The Morgan fingerprint density at radius 1 is 1.19 bits per heavy atom. The lowest BCUT2D eigenvalue weighted by Crippen LogP contribution is -2.12. The van der Waals surface area contributed by atoms with Crippen molar-refractivity contribution in [3.05, 3.63) is 56.5 Å². The molecule has 4 heteroatoms. The number of rotatable bonds is 2. The zero-order valence-electron chi connectivity index (χ0n) is 8.42. The lowest BCUT2D eigenvalue weighted by Gasteiger charge is -1.99. The number of aromatic nitrogens is 1. The van der Waals surface area contributed by atoms with Gasteiger partial charge in [0, 0.05) is 16.3 Å². The van der Waals surface area contributed by atoms with E-state index in [-0.39, 0.29) is 4.87 Å².